The molecular formula is C23H25N3O2. The molecule has 0 spiro atoms. The molecule has 0 radical (unpaired) electrons. The molecule has 2 fully saturated rings. The van der Waals surface area contributed by atoms with Crippen LogP contribution in [-0.4, -0.2) is 40.8 Å². The zero-order valence-electron chi connectivity index (χ0n) is 16.2. The van der Waals surface area contributed by atoms with Crippen molar-refractivity contribution in [2.24, 2.45) is 5.92 Å². The monoisotopic (exact) mass is 375 g/mol. The molecule has 1 unspecified atom stereocenters. The molecule has 3 aromatic rings. The highest BCUT2D eigenvalue weighted by Crippen LogP contribution is 2.35. The average molecular weight is 375 g/mol. The molecule has 1 aromatic heterocycles. The fourth-order valence-corrected chi connectivity index (χ4v) is 3.97. The van der Waals surface area contributed by atoms with E-state index in [1.54, 1.807) is 0 Å². The van der Waals surface area contributed by atoms with Crippen LogP contribution in [-0.2, 0) is 4.79 Å². The van der Waals surface area contributed by atoms with Gasteiger partial charge in [0.05, 0.1) is 18.8 Å². The second kappa shape index (κ2) is 6.97. The summed E-state index contributed by atoms with van der Waals surface area (Å²) < 4.78 is 8.13. The number of carbonyl (C=O) groups is 1. The Labute approximate surface area is 164 Å². The van der Waals surface area contributed by atoms with Crippen LogP contribution in [0.25, 0.3) is 21.9 Å². The first-order valence-corrected chi connectivity index (χ1v) is 10.1. The normalized spacial score (nSPS) is 20.0. The number of amides is 1. The van der Waals surface area contributed by atoms with Gasteiger partial charge in [-0.1, -0.05) is 18.2 Å². The van der Waals surface area contributed by atoms with E-state index < -0.39 is 0 Å². The maximum Gasteiger partial charge on any atom is 0.222 e. The molecule has 5 heteroatoms. The van der Waals surface area contributed by atoms with Gasteiger partial charge in [0.2, 0.25) is 5.91 Å². The summed E-state index contributed by atoms with van der Waals surface area (Å²) in [5, 5.41) is 6.87. The summed E-state index contributed by atoms with van der Waals surface area (Å²) in [7, 11) is 1.87. The predicted molar refractivity (Wildman–Crippen MR) is 109 cm³/mol. The Bertz CT molecular complexity index is 1020. The zero-order valence-corrected chi connectivity index (χ0v) is 16.2. The molecule has 1 aliphatic carbocycles. The number of nitrogens with zero attached hydrogens (tertiary/aromatic N) is 3. The predicted octanol–water partition coefficient (Wildman–Crippen LogP) is 4.29. The van der Waals surface area contributed by atoms with Crippen molar-refractivity contribution >= 4 is 16.7 Å². The average Bonchev–Trinajstić information content (AvgIpc) is 3.45. The minimum absolute atomic E-state index is 0.237. The summed E-state index contributed by atoms with van der Waals surface area (Å²) in [6.07, 6.45) is 8.15. The quantitative estimate of drug-likeness (QED) is 0.668. The van der Waals surface area contributed by atoms with Crippen molar-refractivity contribution in [2.45, 2.75) is 31.7 Å². The summed E-state index contributed by atoms with van der Waals surface area (Å²) in [5.41, 5.74) is 2.37. The van der Waals surface area contributed by atoms with Gasteiger partial charge in [-0.25, -0.2) is 0 Å². The molecule has 5 rings (SSSR count). The maximum absolute atomic E-state index is 11.6. The molecule has 2 heterocycles. The number of ether oxygens (including phenoxy) is 1. The first-order chi connectivity index (χ1) is 13.7. The van der Waals surface area contributed by atoms with E-state index in [9.17, 15) is 4.79 Å². The largest absolute Gasteiger partial charge is 0.493 e. The Balaban J connectivity index is 1.29. The molecule has 0 bridgehead atoms. The van der Waals surface area contributed by atoms with Gasteiger partial charge in [0.15, 0.2) is 0 Å². The van der Waals surface area contributed by atoms with Crippen LogP contribution in [0.2, 0.25) is 0 Å². The second-order valence-corrected chi connectivity index (χ2v) is 8.15. The number of piperidine rings is 1. The van der Waals surface area contributed by atoms with Crippen LogP contribution in [0.1, 0.15) is 31.7 Å². The van der Waals surface area contributed by atoms with E-state index in [0.717, 1.165) is 18.7 Å². The molecule has 1 atom stereocenters. The number of aromatic nitrogens is 2. The summed E-state index contributed by atoms with van der Waals surface area (Å²) in [5.74, 6) is 1.53. The molecule has 1 saturated heterocycles. The van der Waals surface area contributed by atoms with E-state index in [4.69, 9.17) is 4.74 Å². The van der Waals surface area contributed by atoms with Crippen molar-refractivity contribution < 1.29 is 9.53 Å². The number of rotatable bonds is 5. The lowest BCUT2D eigenvalue weighted by atomic mass is 9.99. The van der Waals surface area contributed by atoms with Gasteiger partial charge in [-0.15, -0.1) is 0 Å². The van der Waals surface area contributed by atoms with Gasteiger partial charge in [-0.05, 0) is 53.8 Å². The van der Waals surface area contributed by atoms with E-state index in [2.05, 4.69) is 46.3 Å². The Morgan fingerprint density at radius 2 is 1.89 bits per heavy atom. The van der Waals surface area contributed by atoms with Crippen molar-refractivity contribution in [3.63, 3.8) is 0 Å². The SMILES string of the molecule is CN1CC(COc2ccc3cc(-c4cnn(C5CC5)c4)ccc3c2)CCC1=O. The lowest BCUT2D eigenvalue weighted by molar-refractivity contribution is -0.133. The Kier molecular flexibility index (Phi) is 4.30. The number of benzene rings is 2. The van der Waals surface area contributed by atoms with Crippen molar-refractivity contribution in [2.75, 3.05) is 20.2 Å². The maximum atomic E-state index is 11.6. The lowest BCUT2D eigenvalue weighted by Gasteiger charge is -2.29. The highest BCUT2D eigenvalue weighted by molar-refractivity contribution is 5.88. The number of fused-ring (bicyclic) bond motifs is 1. The lowest BCUT2D eigenvalue weighted by Crippen LogP contribution is -2.38. The second-order valence-electron chi connectivity index (χ2n) is 8.15. The van der Waals surface area contributed by atoms with Crippen LogP contribution in [0.15, 0.2) is 48.8 Å². The summed E-state index contributed by atoms with van der Waals surface area (Å²) in [6.45, 7) is 1.44. The summed E-state index contributed by atoms with van der Waals surface area (Å²) >= 11 is 0. The number of hydrogen-bond acceptors (Lipinski definition) is 3. The minimum atomic E-state index is 0.237. The van der Waals surface area contributed by atoms with Gasteiger partial charge in [0.25, 0.3) is 0 Å². The molecule has 144 valence electrons. The topological polar surface area (TPSA) is 47.4 Å². The molecule has 0 N–H and O–H groups in total. The van der Waals surface area contributed by atoms with E-state index in [-0.39, 0.29) is 5.91 Å². The molecule has 5 nitrogen and oxygen atoms in total. The summed E-state index contributed by atoms with van der Waals surface area (Å²) in [4.78, 5) is 13.4. The van der Waals surface area contributed by atoms with Crippen LogP contribution in [0.5, 0.6) is 5.75 Å². The third kappa shape index (κ3) is 3.49. The number of likely N-dealkylation sites (tertiary alicyclic amines) is 1. The van der Waals surface area contributed by atoms with Gasteiger partial charge < -0.3 is 9.64 Å². The smallest absolute Gasteiger partial charge is 0.222 e. The molecule has 1 amide bonds. The van der Waals surface area contributed by atoms with E-state index in [0.29, 0.717) is 25.0 Å². The van der Waals surface area contributed by atoms with Gasteiger partial charge in [-0.2, -0.15) is 5.10 Å². The van der Waals surface area contributed by atoms with Crippen molar-refractivity contribution in [1.82, 2.24) is 14.7 Å². The van der Waals surface area contributed by atoms with E-state index >= 15 is 0 Å². The standard InChI is InChI=1S/C23H25N3O2/c1-25-13-16(2-9-23(25)27)15-28-22-8-5-17-10-18(3-4-19(17)11-22)20-12-24-26(14-20)21-6-7-21/h3-5,8,10-12,14,16,21H,2,6-7,9,13,15H2,1H3. The van der Waals surface area contributed by atoms with Crippen LogP contribution >= 0.6 is 0 Å². The van der Waals surface area contributed by atoms with Crippen LogP contribution < -0.4 is 4.74 Å². The van der Waals surface area contributed by atoms with Crippen LogP contribution in [0, 0.1) is 5.92 Å². The molecule has 28 heavy (non-hydrogen) atoms. The molecule has 1 saturated carbocycles. The van der Waals surface area contributed by atoms with E-state index in [1.807, 2.05) is 24.2 Å². The Morgan fingerprint density at radius 1 is 1.07 bits per heavy atom. The van der Waals surface area contributed by atoms with Crippen molar-refractivity contribution in [3.8, 4) is 16.9 Å². The number of carbonyl (C=O) groups excluding carboxylic acids is 1. The summed E-state index contributed by atoms with van der Waals surface area (Å²) in [6, 6.07) is 13.4. The molecular weight excluding hydrogens is 350 g/mol. The van der Waals surface area contributed by atoms with Crippen molar-refractivity contribution in [1.29, 1.82) is 0 Å². The van der Waals surface area contributed by atoms with Gasteiger partial charge in [-0.3, -0.25) is 9.48 Å². The van der Waals surface area contributed by atoms with Gasteiger partial charge >= 0.3 is 0 Å². The third-order valence-electron chi connectivity index (χ3n) is 5.88. The first-order valence-electron chi connectivity index (χ1n) is 10.1. The molecule has 2 aromatic carbocycles. The van der Waals surface area contributed by atoms with Crippen LogP contribution in [0.3, 0.4) is 0 Å². The van der Waals surface area contributed by atoms with Gasteiger partial charge in [0, 0.05) is 37.7 Å². The highest BCUT2D eigenvalue weighted by Gasteiger charge is 2.24. The Morgan fingerprint density at radius 3 is 2.71 bits per heavy atom. The van der Waals surface area contributed by atoms with Crippen LogP contribution in [0.4, 0.5) is 0 Å². The molecule has 1 aliphatic heterocycles. The highest BCUT2D eigenvalue weighted by atomic mass is 16.5. The zero-order chi connectivity index (χ0) is 19.1. The first kappa shape index (κ1) is 17.3. The Hall–Kier alpha value is -2.82. The van der Waals surface area contributed by atoms with Crippen molar-refractivity contribution in [3.05, 3.63) is 48.8 Å². The minimum Gasteiger partial charge on any atom is -0.493 e. The number of hydrogen-bond donors (Lipinski definition) is 0. The third-order valence-corrected chi connectivity index (χ3v) is 5.88. The fourth-order valence-electron chi connectivity index (χ4n) is 3.97. The molecule has 2 aliphatic rings. The van der Waals surface area contributed by atoms with Gasteiger partial charge in [0.1, 0.15) is 5.75 Å². The van der Waals surface area contributed by atoms with E-state index in [1.165, 1.54) is 34.7 Å². The fraction of sp³-hybridized carbons (Fsp3) is 0.391.